The second-order valence-corrected chi connectivity index (χ2v) is 2.47. The molecule has 1 aromatic carbocycles. The lowest BCUT2D eigenvalue weighted by Crippen LogP contribution is -1.87. The second-order valence-electron chi connectivity index (χ2n) is 2.47. The fraction of sp³-hybridized carbons (Fsp3) is 0.273. The Labute approximate surface area is 73.0 Å². The van der Waals surface area contributed by atoms with E-state index in [9.17, 15) is 0 Å². The zero-order valence-corrected chi connectivity index (χ0v) is 7.17. The maximum Gasteiger partial charge on any atom is 0.0694 e. The fourth-order valence-electron chi connectivity index (χ4n) is 0.964. The average Bonchev–Trinajstić information content (AvgIpc) is 2.15. The van der Waals surface area contributed by atoms with E-state index in [0.717, 1.165) is 17.5 Å². The van der Waals surface area contributed by atoms with Gasteiger partial charge in [-0.3, -0.25) is 0 Å². The van der Waals surface area contributed by atoms with Crippen LogP contribution >= 0.6 is 0 Å². The SMILES string of the molecule is CCC#Cc1ccccc1CO. The third kappa shape index (κ3) is 2.11. The molecule has 1 aromatic rings. The highest BCUT2D eigenvalue weighted by molar-refractivity contribution is 5.40. The van der Waals surface area contributed by atoms with Crippen molar-refractivity contribution < 1.29 is 5.11 Å². The number of hydrogen-bond acceptors (Lipinski definition) is 1. The summed E-state index contributed by atoms with van der Waals surface area (Å²) in [6.45, 7) is 2.07. The van der Waals surface area contributed by atoms with E-state index < -0.39 is 0 Å². The minimum absolute atomic E-state index is 0.0641. The lowest BCUT2D eigenvalue weighted by molar-refractivity contribution is 0.281. The van der Waals surface area contributed by atoms with E-state index in [-0.39, 0.29) is 6.61 Å². The summed E-state index contributed by atoms with van der Waals surface area (Å²) >= 11 is 0. The Morgan fingerprint density at radius 1 is 1.33 bits per heavy atom. The third-order valence-corrected chi connectivity index (χ3v) is 1.59. The van der Waals surface area contributed by atoms with Gasteiger partial charge in [0.1, 0.15) is 0 Å². The first-order chi connectivity index (χ1) is 5.88. The van der Waals surface area contributed by atoms with Gasteiger partial charge in [0.15, 0.2) is 0 Å². The molecule has 1 heteroatoms. The van der Waals surface area contributed by atoms with Gasteiger partial charge >= 0.3 is 0 Å². The molecule has 0 atom stereocenters. The Hall–Kier alpha value is -1.26. The quantitative estimate of drug-likeness (QED) is 0.622. The fourth-order valence-corrected chi connectivity index (χ4v) is 0.964. The van der Waals surface area contributed by atoms with Gasteiger partial charge in [0, 0.05) is 12.0 Å². The molecule has 1 rings (SSSR count). The summed E-state index contributed by atoms with van der Waals surface area (Å²) < 4.78 is 0. The Kier molecular flexibility index (Phi) is 3.37. The van der Waals surface area contributed by atoms with Crippen molar-refractivity contribution >= 4 is 0 Å². The minimum Gasteiger partial charge on any atom is -0.392 e. The van der Waals surface area contributed by atoms with Crippen LogP contribution in [0.25, 0.3) is 0 Å². The van der Waals surface area contributed by atoms with E-state index in [1.54, 1.807) is 0 Å². The van der Waals surface area contributed by atoms with Crippen LogP contribution in [0.5, 0.6) is 0 Å². The average molecular weight is 160 g/mol. The Morgan fingerprint density at radius 2 is 2.08 bits per heavy atom. The van der Waals surface area contributed by atoms with Crippen molar-refractivity contribution in [1.82, 2.24) is 0 Å². The van der Waals surface area contributed by atoms with Gasteiger partial charge in [-0.25, -0.2) is 0 Å². The maximum absolute atomic E-state index is 8.95. The van der Waals surface area contributed by atoms with E-state index >= 15 is 0 Å². The molecule has 1 nitrogen and oxygen atoms in total. The molecule has 0 spiro atoms. The molecule has 62 valence electrons. The predicted molar refractivity (Wildman–Crippen MR) is 49.5 cm³/mol. The van der Waals surface area contributed by atoms with Crippen molar-refractivity contribution in [3.05, 3.63) is 35.4 Å². The monoisotopic (exact) mass is 160 g/mol. The van der Waals surface area contributed by atoms with Gasteiger partial charge < -0.3 is 5.11 Å². The van der Waals surface area contributed by atoms with Gasteiger partial charge in [-0.1, -0.05) is 37.0 Å². The zero-order valence-electron chi connectivity index (χ0n) is 7.17. The van der Waals surface area contributed by atoms with E-state index in [1.165, 1.54) is 0 Å². The number of aliphatic hydroxyl groups excluding tert-OH is 1. The Balaban J connectivity index is 2.97. The van der Waals surface area contributed by atoms with Crippen molar-refractivity contribution in [1.29, 1.82) is 0 Å². The first-order valence-corrected chi connectivity index (χ1v) is 4.06. The topological polar surface area (TPSA) is 20.2 Å². The summed E-state index contributed by atoms with van der Waals surface area (Å²) in [6.07, 6.45) is 0.847. The van der Waals surface area contributed by atoms with Gasteiger partial charge in [0.2, 0.25) is 0 Å². The molecule has 0 aromatic heterocycles. The summed E-state index contributed by atoms with van der Waals surface area (Å²) in [5, 5.41) is 8.95. The Bertz CT molecular complexity index is 304. The Morgan fingerprint density at radius 3 is 2.75 bits per heavy atom. The van der Waals surface area contributed by atoms with Crippen LogP contribution in [0.2, 0.25) is 0 Å². The van der Waals surface area contributed by atoms with Crippen molar-refractivity contribution in [3.63, 3.8) is 0 Å². The minimum atomic E-state index is 0.0641. The van der Waals surface area contributed by atoms with E-state index in [4.69, 9.17) is 5.11 Å². The van der Waals surface area contributed by atoms with Crippen LogP contribution in [0.4, 0.5) is 0 Å². The molecule has 0 saturated carbocycles. The molecule has 0 unspecified atom stereocenters. The highest BCUT2D eigenvalue weighted by Gasteiger charge is 1.94. The maximum atomic E-state index is 8.95. The molecule has 0 saturated heterocycles. The van der Waals surface area contributed by atoms with Gasteiger partial charge in [-0.2, -0.15) is 0 Å². The number of benzene rings is 1. The molecule has 0 aliphatic heterocycles. The van der Waals surface area contributed by atoms with E-state index in [0.29, 0.717) is 0 Å². The first kappa shape index (κ1) is 8.83. The van der Waals surface area contributed by atoms with Gasteiger partial charge in [-0.05, 0) is 11.6 Å². The molecular weight excluding hydrogens is 148 g/mol. The van der Waals surface area contributed by atoms with Crippen molar-refractivity contribution in [2.45, 2.75) is 20.0 Å². The summed E-state index contributed by atoms with van der Waals surface area (Å²) in [7, 11) is 0. The summed E-state index contributed by atoms with van der Waals surface area (Å²) in [4.78, 5) is 0. The lowest BCUT2D eigenvalue weighted by Gasteiger charge is -1.97. The van der Waals surface area contributed by atoms with Crippen LogP contribution in [0.3, 0.4) is 0 Å². The number of hydrogen-bond donors (Lipinski definition) is 1. The van der Waals surface area contributed by atoms with Crippen LogP contribution < -0.4 is 0 Å². The van der Waals surface area contributed by atoms with Crippen LogP contribution in [-0.4, -0.2) is 5.11 Å². The summed E-state index contributed by atoms with van der Waals surface area (Å²) in [6, 6.07) is 7.65. The summed E-state index contributed by atoms with van der Waals surface area (Å²) in [5.74, 6) is 5.98. The highest BCUT2D eigenvalue weighted by atomic mass is 16.3. The van der Waals surface area contributed by atoms with Gasteiger partial charge in [0.05, 0.1) is 6.61 Å². The molecule has 0 heterocycles. The number of rotatable bonds is 1. The largest absolute Gasteiger partial charge is 0.392 e. The van der Waals surface area contributed by atoms with Crippen molar-refractivity contribution in [3.8, 4) is 11.8 Å². The standard InChI is InChI=1S/C11H12O/c1-2-3-6-10-7-4-5-8-11(10)9-12/h4-5,7-8,12H,2,9H2,1H3. The van der Waals surface area contributed by atoms with Gasteiger partial charge in [-0.15, -0.1) is 0 Å². The highest BCUT2D eigenvalue weighted by Crippen LogP contribution is 2.06. The molecular formula is C11H12O. The zero-order chi connectivity index (χ0) is 8.81. The molecule has 0 aliphatic carbocycles. The summed E-state index contributed by atoms with van der Waals surface area (Å²) in [5.41, 5.74) is 1.83. The predicted octanol–water partition coefficient (Wildman–Crippen LogP) is 1.94. The van der Waals surface area contributed by atoms with Crippen LogP contribution in [0.15, 0.2) is 24.3 Å². The van der Waals surface area contributed by atoms with Crippen molar-refractivity contribution in [2.75, 3.05) is 0 Å². The molecule has 0 bridgehead atoms. The third-order valence-electron chi connectivity index (χ3n) is 1.59. The molecule has 12 heavy (non-hydrogen) atoms. The van der Waals surface area contributed by atoms with E-state index in [1.807, 2.05) is 31.2 Å². The van der Waals surface area contributed by atoms with Crippen molar-refractivity contribution in [2.24, 2.45) is 0 Å². The van der Waals surface area contributed by atoms with Gasteiger partial charge in [0.25, 0.3) is 0 Å². The lowest BCUT2D eigenvalue weighted by atomic mass is 10.1. The molecule has 0 aliphatic rings. The first-order valence-electron chi connectivity index (χ1n) is 4.06. The molecule has 0 amide bonds. The smallest absolute Gasteiger partial charge is 0.0694 e. The normalized spacial score (nSPS) is 8.83. The van der Waals surface area contributed by atoms with Crippen LogP contribution in [0, 0.1) is 11.8 Å². The molecule has 0 fully saturated rings. The van der Waals surface area contributed by atoms with Crippen LogP contribution in [-0.2, 0) is 6.61 Å². The molecule has 1 N–H and O–H groups in total. The van der Waals surface area contributed by atoms with Crippen LogP contribution in [0.1, 0.15) is 24.5 Å². The second kappa shape index (κ2) is 4.58. The van der Waals surface area contributed by atoms with E-state index in [2.05, 4.69) is 11.8 Å². The molecule has 0 radical (unpaired) electrons. The number of aliphatic hydroxyl groups is 1.